The van der Waals surface area contributed by atoms with Crippen LogP contribution in [0.15, 0.2) is 53.4 Å². The van der Waals surface area contributed by atoms with Gasteiger partial charge >= 0.3 is 0 Å². The molecule has 1 aliphatic heterocycles. The van der Waals surface area contributed by atoms with Crippen molar-refractivity contribution >= 4 is 33.2 Å². The van der Waals surface area contributed by atoms with Crippen molar-refractivity contribution in [3.63, 3.8) is 0 Å². The molecule has 2 amide bonds. The molecule has 1 heterocycles. The van der Waals surface area contributed by atoms with Crippen molar-refractivity contribution in [2.24, 2.45) is 5.92 Å². The van der Waals surface area contributed by atoms with E-state index in [0.717, 1.165) is 16.9 Å². The van der Waals surface area contributed by atoms with E-state index in [-0.39, 0.29) is 29.6 Å². The molecule has 0 radical (unpaired) electrons. The molecule has 0 spiro atoms. The van der Waals surface area contributed by atoms with Gasteiger partial charge in [0.05, 0.1) is 10.6 Å². The highest BCUT2D eigenvalue weighted by atomic mass is 32.2. The molecule has 3 rings (SSSR count). The lowest BCUT2D eigenvalue weighted by atomic mass is 10.0. The van der Waals surface area contributed by atoms with Crippen molar-refractivity contribution in [3.05, 3.63) is 54.1 Å². The topological polar surface area (TPSA) is 83.6 Å². The maximum atomic E-state index is 12.6. The van der Waals surface area contributed by atoms with E-state index in [2.05, 4.69) is 18.6 Å². The van der Waals surface area contributed by atoms with Gasteiger partial charge in [-0.3, -0.25) is 19.2 Å². The summed E-state index contributed by atoms with van der Waals surface area (Å²) in [5.41, 5.74) is 1.95. The fourth-order valence-corrected chi connectivity index (χ4v) is 4.14. The van der Waals surface area contributed by atoms with E-state index >= 15 is 0 Å². The van der Waals surface area contributed by atoms with Gasteiger partial charge in [-0.15, -0.1) is 0 Å². The first-order valence-electron chi connectivity index (χ1n) is 8.84. The third-order valence-electron chi connectivity index (χ3n) is 4.28. The molecule has 7 heteroatoms. The van der Waals surface area contributed by atoms with Gasteiger partial charge in [-0.05, 0) is 54.3 Å². The van der Waals surface area contributed by atoms with Crippen LogP contribution in [-0.4, -0.2) is 20.2 Å². The minimum absolute atomic E-state index is 0.0691. The van der Waals surface area contributed by atoms with E-state index in [1.54, 1.807) is 6.07 Å². The Labute approximate surface area is 159 Å². The summed E-state index contributed by atoms with van der Waals surface area (Å²) in [6.07, 6.45) is 1.24. The summed E-state index contributed by atoms with van der Waals surface area (Å²) in [4.78, 5) is 24.7. The number of anilines is 2. The van der Waals surface area contributed by atoms with Gasteiger partial charge in [-0.1, -0.05) is 26.0 Å². The Kier molecular flexibility index (Phi) is 5.32. The number of sulfonamides is 1. The Bertz CT molecular complexity index is 950. The normalized spacial score (nSPS) is 14.9. The van der Waals surface area contributed by atoms with Crippen molar-refractivity contribution in [1.82, 2.24) is 0 Å². The molecule has 0 bridgehead atoms. The molecule has 1 N–H and O–H groups in total. The van der Waals surface area contributed by atoms with Crippen LogP contribution in [0.4, 0.5) is 11.4 Å². The predicted octanol–water partition coefficient (Wildman–Crippen LogP) is 3.34. The molecular formula is C20H22N2O4S. The molecule has 27 heavy (non-hydrogen) atoms. The Morgan fingerprint density at radius 1 is 1.00 bits per heavy atom. The molecule has 0 atom stereocenters. The van der Waals surface area contributed by atoms with Gasteiger partial charge in [-0.25, -0.2) is 8.42 Å². The number of carbonyl (C=O) groups is 2. The predicted molar refractivity (Wildman–Crippen MR) is 104 cm³/mol. The smallest absolute Gasteiger partial charge is 0.261 e. The summed E-state index contributed by atoms with van der Waals surface area (Å²) in [6, 6.07) is 13.1. The van der Waals surface area contributed by atoms with Crippen molar-refractivity contribution in [1.29, 1.82) is 0 Å². The monoisotopic (exact) mass is 386 g/mol. The lowest BCUT2D eigenvalue weighted by molar-refractivity contribution is -0.121. The first-order chi connectivity index (χ1) is 12.8. The lowest BCUT2D eigenvalue weighted by Crippen LogP contribution is -2.28. The number of imide groups is 1. The molecule has 2 aromatic rings. The minimum atomic E-state index is -3.76. The third kappa shape index (κ3) is 4.36. The Hall–Kier alpha value is -2.67. The highest BCUT2D eigenvalue weighted by Crippen LogP contribution is 2.25. The first-order valence-corrected chi connectivity index (χ1v) is 10.3. The number of nitrogens with zero attached hydrogens (tertiary/aromatic N) is 1. The van der Waals surface area contributed by atoms with Crippen LogP contribution in [0.2, 0.25) is 0 Å². The van der Waals surface area contributed by atoms with Gasteiger partial charge in [0.25, 0.3) is 10.0 Å². The van der Waals surface area contributed by atoms with E-state index in [0.29, 0.717) is 17.3 Å². The minimum Gasteiger partial charge on any atom is -0.280 e. The van der Waals surface area contributed by atoms with Crippen LogP contribution < -0.4 is 9.62 Å². The van der Waals surface area contributed by atoms with Crippen LogP contribution in [0.3, 0.4) is 0 Å². The number of carbonyl (C=O) groups excluding carboxylic acids is 2. The van der Waals surface area contributed by atoms with E-state index in [4.69, 9.17) is 0 Å². The van der Waals surface area contributed by atoms with E-state index < -0.39 is 10.0 Å². The molecule has 0 unspecified atom stereocenters. The van der Waals surface area contributed by atoms with E-state index in [1.807, 2.05) is 18.2 Å². The largest absolute Gasteiger partial charge is 0.280 e. The summed E-state index contributed by atoms with van der Waals surface area (Å²) in [6.45, 7) is 4.21. The van der Waals surface area contributed by atoms with Gasteiger partial charge in [-0.2, -0.15) is 0 Å². The molecule has 1 aliphatic rings. The number of hydrogen-bond acceptors (Lipinski definition) is 4. The molecule has 142 valence electrons. The van der Waals surface area contributed by atoms with Crippen LogP contribution in [0.1, 0.15) is 32.3 Å². The summed E-state index contributed by atoms with van der Waals surface area (Å²) in [5, 5.41) is 0. The lowest BCUT2D eigenvalue weighted by Gasteiger charge is -2.15. The van der Waals surface area contributed by atoms with Crippen molar-refractivity contribution in [2.45, 2.75) is 38.0 Å². The second kappa shape index (κ2) is 7.52. The molecule has 1 fully saturated rings. The number of rotatable bonds is 6. The highest BCUT2D eigenvalue weighted by Gasteiger charge is 2.30. The molecule has 6 nitrogen and oxygen atoms in total. The van der Waals surface area contributed by atoms with Gasteiger partial charge in [0.2, 0.25) is 11.8 Å². The quantitative estimate of drug-likeness (QED) is 0.772. The van der Waals surface area contributed by atoms with Gasteiger partial charge in [0.1, 0.15) is 0 Å². The second-order valence-corrected chi connectivity index (χ2v) is 8.70. The Balaban J connectivity index is 1.79. The van der Waals surface area contributed by atoms with Crippen LogP contribution in [0, 0.1) is 5.92 Å². The van der Waals surface area contributed by atoms with E-state index in [9.17, 15) is 18.0 Å². The van der Waals surface area contributed by atoms with Crippen LogP contribution >= 0.6 is 0 Å². The van der Waals surface area contributed by atoms with Crippen LogP contribution in [0.25, 0.3) is 0 Å². The van der Waals surface area contributed by atoms with Crippen molar-refractivity contribution in [2.75, 3.05) is 9.62 Å². The van der Waals surface area contributed by atoms with Crippen molar-refractivity contribution in [3.8, 4) is 0 Å². The zero-order valence-corrected chi connectivity index (χ0v) is 16.1. The summed E-state index contributed by atoms with van der Waals surface area (Å²) in [7, 11) is -3.76. The summed E-state index contributed by atoms with van der Waals surface area (Å²) < 4.78 is 27.9. The van der Waals surface area contributed by atoms with E-state index in [1.165, 1.54) is 24.3 Å². The molecule has 2 aromatic carbocycles. The Morgan fingerprint density at radius 3 is 2.22 bits per heavy atom. The summed E-state index contributed by atoms with van der Waals surface area (Å²) in [5.74, 6) is -0.0631. The van der Waals surface area contributed by atoms with Crippen LogP contribution in [-0.2, 0) is 26.0 Å². The van der Waals surface area contributed by atoms with Crippen LogP contribution in [0.5, 0.6) is 0 Å². The standard InChI is InChI=1S/C20H22N2O4S/c1-14(2)12-15-4-3-5-16(13-15)21-27(25,26)18-8-6-17(7-9-18)22-19(23)10-11-20(22)24/h3-9,13-14,21H,10-12H2,1-2H3. The molecule has 0 aromatic heterocycles. The first kappa shape index (κ1) is 19.1. The molecule has 1 saturated heterocycles. The summed E-state index contributed by atoms with van der Waals surface area (Å²) >= 11 is 0. The molecule has 0 aliphatic carbocycles. The fraction of sp³-hybridized carbons (Fsp3) is 0.300. The zero-order chi connectivity index (χ0) is 19.6. The maximum absolute atomic E-state index is 12.6. The molecular weight excluding hydrogens is 364 g/mol. The number of nitrogens with one attached hydrogen (secondary N) is 1. The van der Waals surface area contributed by atoms with Gasteiger partial charge in [0, 0.05) is 18.5 Å². The second-order valence-electron chi connectivity index (χ2n) is 7.02. The average Bonchev–Trinajstić information content (AvgIpc) is 2.93. The van der Waals surface area contributed by atoms with Gasteiger partial charge < -0.3 is 0 Å². The highest BCUT2D eigenvalue weighted by molar-refractivity contribution is 7.92. The average molecular weight is 386 g/mol. The van der Waals surface area contributed by atoms with Gasteiger partial charge in [0.15, 0.2) is 0 Å². The van der Waals surface area contributed by atoms with Crippen molar-refractivity contribution < 1.29 is 18.0 Å². The Morgan fingerprint density at radius 2 is 1.63 bits per heavy atom. The molecule has 0 saturated carbocycles. The number of amides is 2. The number of hydrogen-bond donors (Lipinski definition) is 1. The SMILES string of the molecule is CC(C)Cc1cccc(NS(=O)(=O)c2ccc(N3C(=O)CCC3=O)cc2)c1. The maximum Gasteiger partial charge on any atom is 0.261 e. The third-order valence-corrected chi connectivity index (χ3v) is 5.68. The zero-order valence-electron chi connectivity index (χ0n) is 15.3. The fourth-order valence-electron chi connectivity index (χ4n) is 3.09. The number of benzene rings is 2.